The maximum atomic E-state index is 13.2. The van der Waals surface area contributed by atoms with Gasteiger partial charge in [-0.2, -0.15) is 0 Å². The van der Waals surface area contributed by atoms with Crippen molar-refractivity contribution in [3.8, 4) is 11.5 Å². The van der Waals surface area contributed by atoms with Gasteiger partial charge in [-0.25, -0.2) is 18.1 Å². The number of carbonyl (C=O) groups is 1. The molecule has 0 atom stereocenters. The molecule has 2 saturated heterocycles. The third-order valence-electron chi connectivity index (χ3n) is 7.46. The number of amides is 1. The number of fused-ring (bicyclic) bond motifs is 1. The molecule has 0 radical (unpaired) electrons. The van der Waals surface area contributed by atoms with Gasteiger partial charge in [-0.3, -0.25) is 19.8 Å². The molecule has 2 aromatic heterocycles. The van der Waals surface area contributed by atoms with E-state index in [1.54, 1.807) is 24.4 Å². The van der Waals surface area contributed by atoms with Gasteiger partial charge in [0.15, 0.2) is 0 Å². The lowest BCUT2D eigenvalue weighted by atomic mass is 10.0. The van der Waals surface area contributed by atoms with Crippen LogP contribution in [0.1, 0.15) is 23.2 Å². The van der Waals surface area contributed by atoms with E-state index in [0.717, 1.165) is 50.6 Å². The van der Waals surface area contributed by atoms with Crippen molar-refractivity contribution >= 4 is 38.3 Å². The number of carbonyl (C=O) groups excluding carboxylic acids is 1. The average molecular weight is 593 g/mol. The molecule has 0 saturated carbocycles. The molecule has 1 amide bonds. The zero-order valence-electron chi connectivity index (χ0n) is 22.4. The zero-order valence-corrected chi connectivity index (χ0v) is 23.2. The first-order valence-corrected chi connectivity index (χ1v) is 14.9. The van der Waals surface area contributed by atoms with Crippen molar-refractivity contribution in [3.05, 3.63) is 82.7 Å². The van der Waals surface area contributed by atoms with Gasteiger partial charge in [-0.1, -0.05) is 12.1 Å². The minimum Gasteiger partial charge on any atom is -0.455 e. The van der Waals surface area contributed by atoms with Gasteiger partial charge in [0.2, 0.25) is 0 Å². The van der Waals surface area contributed by atoms with E-state index in [4.69, 9.17) is 9.47 Å². The van der Waals surface area contributed by atoms with Gasteiger partial charge in [0, 0.05) is 36.8 Å². The van der Waals surface area contributed by atoms with Crippen LogP contribution in [-0.2, 0) is 14.8 Å². The van der Waals surface area contributed by atoms with Crippen molar-refractivity contribution in [1.29, 1.82) is 0 Å². The molecule has 42 heavy (non-hydrogen) atoms. The SMILES string of the molecule is O=C(NS(=O)(=O)c1ccc(NC2CCN(C3COC3)CC2)c([N+](=O)[O-])c1)c1ccccc1Oc1cnc2[nH]ccc2c1. The number of pyridine rings is 1. The second-order valence-corrected chi connectivity index (χ2v) is 11.9. The highest BCUT2D eigenvalue weighted by Crippen LogP contribution is 2.31. The van der Waals surface area contributed by atoms with Crippen molar-refractivity contribution in [3.63, 3.8) is 0 Å². The summed E-state index contributed by atoms with van der Waals surface area (Å²) in [7, 11) is -4.46. The van der Waals surface area contributed by atoms with E-state index in [-0.39, 0.29) is 23.0 Å². The van der Waals surface area contributed by atoms with Crippen LogP contribution in [0.15, 0.2) is 71.9 Å². The van der Waals surface area contributed by atoms with E-state index in [9.17, 15) is 23.3 Å². The molecule has 0 bridgehead atoms. The van der Waals surface area contributed by atoms with Crippen LogP contribution >= 0.6 is 0 Å². The van der Waals surface area contributed by atoms with Crippen molar-refractivity contribution < 1.29 is 27.6 Å². The fourth-order valence-corrected chi connectivity index (χ4v) is 6.08. The Morgan fingerprint density at radius 3 is 2.64 bits per heavy atom. The Morgan fingerprint density at radius 1 is 1.12 bits per heavy atom. The summed E-state index contributed by atoms with van der Waals surface area (Å²) in [5.41, 5.74) is 0.460. The van der Waals surface area contributed by atoms with Gasteiger partial charge in [0.1, 0.15) is 22.8 Å². The predicted molar refractivity (Wildman–Crippen MR) is 153 cm³/mol. The summed E-state index contributed by atoms with van der Waals surface area (Å²) in [6, 6.07) is 13.7. The standard InChI is InChI=1S/C28H28N6O7S/c35-28(23-3-1-2-4-26(23)41-21-13-18-7-10-29-27(18)30-15-21)32-42(38,39)22-5-6-24(25(14-22)34(36)37)31-19-8-11-33(12-9-19)20-16-40-17-20/h1-7,10,13-15,19-20,31H,8-9,11-12,16-17H2,(H,29,30)(H,32,35). The van der Waals surface area contributed by atoms with Crippen LogP contribution in [0.3, 0.4) is 0 Å². The molecular formula is C28H28N6O7S. The number of aromatic nitrogens is 2. The number of nitro groups is 1. The number of likely N-dealkylation sites (tertiary alicyclic amines) is 1. The van der Waals surface area contributed by atoms with Crippen molar-refractivity contribution in [2.75, 3.05) is 31.6 Å². The third-order valence-corrected chi connectivity index (χ3v) is 8.79. The number of rotatable bonds is 9. The second-order valence-electron chi connectivity index (χ2n) is 10.2. The fraction of sp³-hybridized carbons (Fsp3) is 0.286. The van der Waals surface area contributed by atoms with Gasteiger partial charge in [0.25, 0.3) is 21.6 Å². The number of H-pyrrole nitrogens is 1. The van der Waals surface area contributed by atoms with Crippen LogP contribution in [0.5, 0.6) is 11.5 Å². The molecule has 3 N–H and O–H groups in total. The topological polar surface area (TPSA) is 169 Å². The molecule has 4 aromatic rings. The highest BCUT2D eigenvalue weighted by Gasteiger charge is 2.31. The summed E-state index contributed by atoms with van der Waals surface area (Å²) in [6.45, 7) is 3.16. The minimum absolute atomic E-state index is 0.00719. The molecule has 2 aromatic carbocycles. The van der Waals surface area contributed by atoms with Crippen LogP contribution < -0.4 is 14.8 Å². The summed E-state index contributed by atoms with van der Waals surface area (Å²) in [4.78, 5) is 33.5. The van der Waals surface area contributed by atoms with E-state index in [1.807, 2.05) is 10.8 Å². The quantitative estimate of drug-likeness (QED) is 0.193. The van der Waals surface area contributed by atoms with E-state index in [1.165, 1.54) is 30.5 Å². The molecule has 2 aliphatic rings. The Hall–Kier alpha value is -4.53. The summed E-state index contributed by atoms with van der Waals surface area (Å²) in [6.07, 6.45) is 4.79. The number of nitrogens with one attached hydrogen (secondary N) is 3. The highest BCUT2D eigenvalue weighted by molar-refractivity contribution is 7.90. The molecule has 14 heteroatoms. The number of piperidine rings is 1. The van der Waals surface area contributed by atoms with E-state index < -0.39 is 31.4 Å². The van der Waals surface area contributed by atoms with Gasteiger partial charge >= 0.3 is 0 Å². The zero-order chi connectivity index (χ0) is 29.3. The number of benzene rings is 2. The van der Waals surface area contributed by atoms with E-state index in [2.05, 4.69) is 20.2 Å². The predicted octanol–water partition coefficient (Wildman–Crippen LogP) is 3.66. The summed E-state index contributed by atoms with van der Waals surface area (Å²) in [5, 5.41) is 15.9. The van der Waals surface area contributed by atoms with Gasteiger partial charge in [-0.15, -0.1) is 0 Å². The lowest BCUT2D eigenvalue weighted by Gasteiger charge is -2.41. The summed E-state index contributed by atoms with van der Waals surface area (Å²) < 4.78 is 39.5. The summed E-state index contributed by atoms with van der Waals surface area (Å²) in [5.74, 6) is -0.482. The third kappa shape index (κ3) is 5.77. The van der Waals surface area contributed by atoms with Crippen molar-refractivity contribution in [1.82, 2.24) is 19.6 Å². The first-order valence-electron chi connectivity index (χ1n) is 13.4. The Balaban J connectivity index is 1.16. The smallest absolute Gasteiger partial charge is 0.293 e. The maximum Gasteiger partial charge on any atom is 0.293 e. The average Bonchev–Trinajstić information content (AvgIpc) is 3.41. The Morgan fingerprint density at radius 2 is 1.90 bits per heavy atom. The molecular weight excluding hydrogens is 564 g/mol. The van der Waals surface area contributed by atoms with Crippen LogP contribution in [0, 0.1) is 10.1 Å². The normalized spacial score (nSPS) is 16.6. The van der Waals surface area contributed by atoms with Crippen LogP contribution in [0.25, 0.3) is 11.0 Å². The molecule has 0 unspecified atom stereocenters. The number of hydrogen-bond donors (Lipinski definition) is 3. The molecule has 2 fully saturated rings. The first-order chi connectivity index (χ1) is 20.3. The van der Waals surface area contributed by atoms with Crippen molar-refractivity contribution in [2.24, 2.45) is 0 Å². The number of aromatic amines is 1. The molecule has 4 heterocycles. The summed E-state index contributed by atoms with van der Waals surface area (Å²) >= 11 is 0. The van der Waals surface area contributed by atoms with E-state index in [0.29, 0.717) is 17.4 Å². The number of hydrogen-bond acceptors (Lipinski definition) is 10. The number of nitrogens with zero attached hydrogens (tertiary/aromatic N) is 3. The lowest BCUT2D eigenvalue weighted by molar-refractivity contribution is -0.384. The first kappa shape index (κ1) is 27.6. The molecule has 13 nitrogen and oxygen atoms in total. The maximum absolute atomic E-state index is 13.2. The number of anilines is 1. The number of nitro benzene ring substituents is 1. The highest BCUT2D eigenvalue weighted by atomic mass is 32.2. The Labute approximate surface area is 241 Å². The second kappa shape index (κ2) is 11.4. The van der Waals surface area contributed by atoms with Crippen LogP contribution in [-0.4, -0.2) is 72.5 Å². The Bertz CT molecular complexity index is 1750. The minimum atomic E-state index is -4.46. The number of sulfonamides is 1. The number of ether oxygens (including phenoxy) is 2. The molecule has 6 rings (SSSR count). The number of para-hydroxylation sites is 1. The van der Waals surface area contributed by atoms with Crippen molar-refractivity contribution in [2.45, 2.75) is 29.8 Å². The molecule has 2 aliphatic heterocycles. The van der Waals surface area contributed by atoms with Gasteiger partial charge < -0.3 is 19.8 Å². The Kier molecular flexibility index (Phi) is 7.49. The van der Waals surface area contributed by atoms with E-state index >= 15 is 0 Å². The van der Waals surface area contributed by atoms with Gasteiger partial charge in [0.05, 0.1) is 40.8 Å². The fourth-order valence-electron chi connectivity index (χ4n) is 5.10. The van der Waals surface area contributed by atoms with Gasteiger partial charge in [-0.05, 0) is 49.2 Å². The molecule has 218 valence electrons. The lowest BCUT2D eigenvalue weighted by Crippen LogP contribution is -2.53. The van der Waals surface area contributed by atoms with Crippen LogP contribution in [0.2, 0.25) is 0 Å². The molecule has 0 spiro atoms. The monoisotopic (exact) mass is 592 g/mol. The molecule has 0 aliphatic carbocycles. The van der Waals surface area contributed by atoms with Crippen LogP contribution in [0.4, 0.5) is 11.4 Å². The largest absolute Gasteiger partial charge is 0.455 e.